The van der Waals surface area contributed by atoms with Gasteiger partial charge < -0.3 is 16.0 Å². The van der Waals surface area contributed by atoms with E-state index >= 15 is 0 Å². The number of anilines is 4. The highest BCUT2D eigenvalue weighted by Gasteiger charge is 2.18. The number of nitrogens with zero attached hydrogens (tertiary/aromatic N) is 4. The van der Waals surface area contributed by atoms with Gasteiger partial charge in [0.15, 0.2) is 0 Å². The predicted octanol–water partition coefficient (Wildman–Crippen LogP) is 2.34. The molecule has 3 N–H and O–H groups in total. The Balaban J connectivity index is 1.65. The third-order valence-electron chi connectivity index (χ3n) is 4.08. The van der Waals surface area contributed by atoms with Gasteiger partial charge in [-0.2, -0.15) is 9.97 Å². The highest BCUT2D eigenvalue weighted by Crippen LogP contribution is 2.21. The van der Waals surface area contributed by atoms with Gasteiger partial charge in [0.25, 0.3) is 0 Å². The first-order chi connectivity index (χ1) is 12.2. The molecule has 0 aliphatic carbocycles. The Morgan fingerprint density at radius 1 is 1.08 bits per heavy atom. The van der Waals surface area contributed by atoms with E-state index in [1.165, 1.54) is 0 Å². The second kappa shape index (κ2) is 8.36. The molecule has 0 saturated carbocycles. The highest BCUT2D eigenvalue weighted by atomic mass is 15.3. The van der Waals surface area contributed by atoms with E-state index in [2.05, 4.69) is 43.8 Å². The van der Waals surface area contributed by atoms with Crippen LogP contribution < -0.4 is 16.0 Å². The number of aromatic nitrogens is 2. The summed E-state index contributed by atoms with van der Waals surface area (Å²) in [6.07, 6.45) is 0.914. The smallest absolute Gasteiger partial charge is 0.223 e. The summed E-state index contributed by atoms with van der Waals surface area (Å²) < 4.78 is 0. The monoisotopic (exact) mass is 336 g/mol. The zero-order chi connectivity index (χ0) is 17.5. The van der Waals surface area contributed by atoms with E-state index in [4.69, 9.17) is 5.73 Å². The van der Waals surface area contributed by atoms with Crippen molar-refractivity contribution in [2.45, 2.75) is 13.3 Å². The second-order valence-electron chi connectivity index (χ2n) is 5.93. The van der Waals surface area contributed by atoms with Gasteiger partial charge in [0.2, 0.25) is 5.95 Å². The summed E-state index contributed by atoms with van der Waals surface area (Å²) in [6, 6.07) is 11.9. The number of hydrogen-bond acceptors (Lipinski definition) is 6. The van der Waals surface area contributed by atoms with Crippen LogP contribution in [0.1, 0.15) is 13.3 Å². The largest absolute Gasteiger partial charge is 0.368 e. The SMILES string of the molecule is CCC#CCN1CCN(c2cc(Nc3ccccc3)nc(N)n2)CC1. The standard InChI is InChI=1S/C19H24N6/c1-2-3-7-10-24-11-13-25(14-12-24)18-15-17(22-19(20)23-18)21-16-8-5-4-6-9-16/h4-6,8-9,15H,2,10-14H2,1H3,(H3,20,21,22,23). The topological polar surface area (TPSA) is 70.3 Å². The van der Waals surface area contributed by atoms with Gasteiger partial charge in [0.05, 0.1) is 6.54 Å². The minimum atomic E-state index is 0.284. The first-order valence-corrected chi connectivity index (χ1v) is 8.64. The molecule has 6 nitrogen and oxygen atoms in total. The zero-order valence-electron chi connectivity index (χ0n) is 14.6. The molecular weight excluding hydrogens is 312 g/mol. The van der Waals surface area contributed by atoms with Crippen LogP contribution in [0.3, 0.4) is 0 Å². The van der Waals surface area contributed by atoms with Crippen molar-refractivity contribution in [3.05, 3.63) is 36.4 Å². The number of rotatable bonds is 4. The fraction of sp³-hybridized carbons (Fsp3) is 0.368. The molecule has 0 bridgehead atoms. The third kappa shape index (κ3) is 4.85. The van der Waals surface area contributed by atoms with Gasteiger partial charge in [0.1, 0.15) is 11.6 Å². The number of nitrogen functional groups attached to an aromatic ring is 1. The van der Waals surface area contributed by atoms with E-state index in [1.54, 1.807) is 0 Å². The van der Waals surface area contributed by atoms with Crippen molar-refractivity contribution in [3.63, 3.8) is 0 Å². The Morgan fingerprint density at radius 2 is 1.84 bits per heavy atom. The Kier molecular flexibility index (Phi) is 5.70. The molecule has 0 radical (unpaired) electrons. The molecule has 25 heavy (non-hydrogen) atoms. The average molecular weight is 336 g/mol. The fourth-order valence-corrected chi connectivity index (χ4v) is 2.78. The van der Waals surface area contributed by atoms with Crippen molar-refractivity contribution in [1.29, 1.82) is 0 Å². The average Bonchev–Trinajstić information content (AvgIpc) is 2.63. The lowest BCUT2D eigenvalue weighted by Gasteiger charge is -2.34. The molecule has 3 rings (SSSR count). The molecule has 2 aromatic rings. The number of para-hydroxylation sites is 1. The molecule has 1 aliphatic heterocycles. The molecule has 1 aliphatic rings. The van der Waals surface area contributed by atoms with E-state index in [-0.39, 0.29) is 5.95 Å². The van der Waals surface area contributed by atoms with Crippen LogP contribution in [-0.4, -0.2) is 47.6 Å². The van der Waals surface area contributed by atoms with Crippen molar-refractivity contribution in [3.8, 4) is 11.8 Å². The summed E-state index contributed by atoms with van der Waals surface area (Å²) in [5.74, 6) is 8.20. The van der Waals surface area contributed by atoms with Crippen LogP contribution in [-0.2, 0) is 0 Å². The van der Waals surface area contributed by atoms with Crippen LogP contribution in [0.4, 0.5) is 23.3 Å². The minimum Gasteiger partial charge on any atom is -0.368 e. The van der Waals surface area contributed by atoms with Crippen molar-refractivity contribution in [1.82, 2.24) is 14.9 Å². The summed E-state index contributed by atoms with van der Waals surface area (Å²) in [5.41, 5.74) is 6.89. The lowest BCUT2D eigenvalue weighted by Crippen LogP contribution is -2.46. The van der Waals surface area contributed by atoms with Crippen LogP contribution in [0, 0.1) is 11.8 Å². The van der Waals surface area contributed by atoms with Gasteiger partial charge in [-0.15, -0.1) is 5.92 Å². The fourth-order valence-electron chi connectivity index (χ4n) is 2.78. The van der Waals surface area contributed by atoms with Gasteiger partial charge >= 0.3 is 0 Å². The Hall–Kier alpha value is -2.78. The van der Waals surface area contributed by atoms with Crippen molar-refractivity contribution in [2.75, 3.05) is 48.7 Å². The Bertz CT molecular complexity index is 741. The number of piperazine rings is 1. The van der Waals surface area contributed by atoms with E-state index < -0.39 is 0 Å². The second-order valence-corrected chi connectivity index (χ2v) is 5.93. The van der Waals surface area contributed by atoms with Gasteiger partial charge in [-0.05, 0) is 12.1 Å². The predicted molar refractivity (Wildman–Crippen MR) is 103 cm³/mol. The Labute approximate surface area is 149 Å². The van der Waals surface area contributed by atoms with Crippen molar-refractivity contribution in [2.24, 2.45) is 0 Å². The molecule has 0 unspecified atom stereocenters. The molecule has 0 atom stereocenters. The van der Waals surface area contributed by atoms with Crippen LogP contribution in [0.5, 0.6) is 0 Å². The van der Waals surface area contributed by atoms with Gasteiger partial charge in [-0.3, -0.25) is 4.90 Å². The van der Waals surface area contributed by atoms with Crippen LogP contribution in [0.2, 0.25) is 0 Å². The molecule has 1 saturated heterocycles. The van der Waals surface area contributed by atoms with Crippen molar-refractivity contribution >= 4 is 23.3 Å². The highest BCUT2D eigenvalue weighted by molar-refractivity contribution is 5.61. The molecule has 1 aromatic heterocycles. The summed E-state index contributed by atoms with van der Waals surface area (Å²) >= 11 is 0. The van der Waals surface area contributed by atoms with Gasteiger partial charge in [-0.1, -0.05) is 31.0 Å². The number of nitrogens with two attached hydrogens (primary N) is 1. The van der Waals surface area contributed by atoms with Gasteiger partial charge in [0, 0.05) is 44.4 Å². The number of nitrogens with one attached hydrogen (secondary N) is 1. The molecule has 2 heterocycles. The lowest BCUT2D eigenvalue weighted by atomic mass is 10.3. The molecule has 6 heteroatoms. The molecule has 1 aromatic carbocycles. The Morgan fingerprint density at radius 3 is 2.56 bits per heavy atom. The maximum Gasteiger partial charge on any atom is 0.223 e. The van der Waals surface area contributed by atoms with Gasteiger partial charge in [-0.25, -0.2) is 0 Å². The van der Waals surface area contributed by atoms with Crippen molar-refractivity contribution < 1.29 is 0 Å². The zero-order valence-corrected chi connectivity index (χ0v) is 14.6. The summed E-state index contributed by atoms with van der Waals surface area (Å²) in [6.45, 7) is 6.69. The normalized spacial score (nSPS) is 14.7. The number of benzene rings is 1. The molecular formula is C19H24N6. The van der Waals surface area contributed by atoms with E-state index in [0.717, 1.165) is 50.6 Å². The third-order valence-corrected chi connectivity index (χ3v) is 4.08. The van der Waals surface area contributed by atoms with E-state index in [9.17, 15) is 0 Å². The molecule has 0 amide bonds. The van der Waals surface area contributed by atoms with E-state index in [0.29, 0.717) is 5.82 Å². The van der Waals surface area contributed by atoms with Crippen LogP contribution >= 0.6 is 0 Å². The van der Waals surface area contributed by atoms with E-state index in [1.807, 2.05) is 36.4 Å². The van der Waals surface area contributed by atoms with Crippen LogP contribution in [0.15, 0.2) is 36.4 Å². The quantitative estimate of drug-likeness (QED) is 0.835. The minimum absolute atomic E-state index is 0.284. The summed E-state index contributed by atoms with van der Waals surface area (Å²) in [4.78, 5) is 13.3. The summed E-state index contributed by atoms with van der Waals surface area (Å²) in [5, 5.41) is 3.28. The number of hydrogen-bond donors (Lipinski definition) is 2. The molecule has 0 spiro atoms. The summed E-state index contributed by atoms with van der Waals surface area (Å²) in [7, 11) is 0. The maximum absolute atomic E-state index is 5.91. The lowest BCUT2D eigenvalue weighted by molar-refractivity contribution is 0.287. The first-order valence-electron chi connectivity index (χ1n) is 8.64. The molecule has 130 valence electrons. The van der Waals surface area contributed by atoms with Crippen LogP contribution in [0.25, 0.3) is 0 Å². The molecule has 1 fully saturated rings. The maximum atomic E-state index is 5.91. The first kappa shape index (κ1) is 17.1.